The lowest BCUT2D eigenvalue weighted by Gasteiger charge is -2.11. The van der Waals surface area contributed by atoms with Crippen LogP contribution in [0.15, 0.2) is 36.7 Å². The Morgan fingerprint density at radius 1 is 1.41 bits per heavy atom. The number of hydrogen-bond donors (Lipinski definition) is 2. The lowest BCUT2D eigenvalue weighted by Crippen LogP contribution is -2.38. The van der Waals surface area contributed by atoms with E-state index in [1.165, 1.54) is 0 Å². The second-order valence-electron chi connectivity index (χ2n) is 4.02. The zero-order chi connectivity index (χ0) is 12.3. The molecule has 1 unspecified atom stereocenters. The zero-order valence-electron chi connectivity index (χ0n) is 9.68. The van der Waals surface area contributed by atoms with Crippen molar-refractivity contribution in [1.29, 1.82) is 0 Å². The topological polar surface area (TPSA) is 68.0 Å². The Kier molecular flexibility index (Phi) is 3.35. The number of pyridine rings is 1. The van der Waals surface area contributed by atoms with Crippen molar-refractivity contribution >= 4 is 16.7 Å². The van der Waals surface area contributed by atoms with Gasteiger partial charge in [-0.3, -0.25) is 9.78 Å². The Hall–Kier alpha value is -1.94. The van der Waals surface area contributed by atoms with Gasteiger partial charge < -0.3 is 11.1 Å². The van der Waals surface area contributed by atoms with Crippen LogP contribution in [0.3, 0.4) is 0 Å². The van der Waals surface area contributed by atoms with E-state index in [0.717, 1.165) is 16.3 Å². The molecule has 2 aromatic rings. The number of fused-ring (bicyclic) bond motifs is 1. The minimum absolute atomic E-state index is 0.339. The van der Waals surface area contributed by atoms with Crippen molar-refractivity contribution in [2.75, 3.05) is 0 Å². The summed E-state index contributed by atoms with van der Waals surface area (Å²) in [7, 11) is 0. The molecule has 4 heteroatoms. The van der Waals surface area contributed by atoms with Crippen LogP contribution in [-0.4, -0.2) is 16.9 Å². The second-order valence-corrected chi connectivity index (χ2v) is 4.02. The molecule has 0 radical (unpaired) electrons. The van der Waals surface area contributed by atoms with Gasteiger partial charge in [-0.25, -0.2) is 0 Å². The van der Waals surface area contributed by atoms with E-state index in [0.29, 0.717) is 6.54 Å². The first kappa shape index (κ1) is 11.5. The highest BCUT2D eigenvalue weighted by Gasteiger charge is 2.08. The van der Waals surface area contributed by atoms with Gasteiger partial charge in [0.15, 0.2) is 0 Å². The summed E-state index contributed by atoms with van der Waals surface area (Å²) in [6.07, 6.45) is 3.64. The van der Waals surface area contributed by atoms with E-state index >= 15 is 0 Å². The fourth-order valence-corrected chi connectivity index (χ4v) is 1.68. The Morgan fingerprint density at radius 3 is 2.94 bits per heavy atom. The standard InChI is InChI=1S/C13H15N3O/c1-9(13(14)17)16-8-11-7-15-6-10-4-2-3-5-12(10)11/h2-7,9,16H,8H2,1H3,(H2,14,17). The van der Waals surface area contributed by atoms with Crippen molar-refractivity contribution < 1.29 is 4.79 Å². The maximum Gasteiger partial charge on any atom is 0.234 e. The molecular weight excluding hydrogens is 214 g/mol. The number of benzene rings is 1. The predicted molar refractivity (Wildman–Crippen MR) is 67.2 cm³/mol. The molecule has 1 amide bonds. The largest absolute Gasteiger partial charge is 0.368 e. The van der Waals surface area contributed by atoms with Crippen LogP contribution >= 0.6 is 0 Å². The lowest BCUT2D eigenvalue weighted by molar-refractivity contribution is -0.119. The number of aromatic nitrogens is 1. The average molecular weight is 229 g/mol. The molecule has 2 rings (SSSR count). The molecule has 1 aromatic heterocycles. The van der Waals surface area contributed by atoms with E-state index in [-0.39, 0.29) is 11.9 Å². The molecule has 0 spiro atoms. The molecule has 0 fully saturated rings. The SMILES string of the molecule is CC(NCc1cncc2ccccc12)C(N)=O. The first-order valence-electron chi connectivity index (χ1n) is 5.53. The highest BCUT2D eigenvalue weighted by molar-refractivity contribution is 5.84. The molecule has 1 aromatic carbocycles. The van der Waals surface area contributed by atoms with Crippen molar-refractivity contribution in [3.05, 3.63) is 42.2 Å². The molecule has 0 aliphatic rings. The summed E-state index contributed by atoms with van der Waals surface area (Å²) in [5.41, 5.74) is 6.26. The molecule has 0 aliphatic heterocycles. The smallest absolute Gasteiger partial charge is 0.234 e. The van der Waals surface area contributed by atoms with Gasteiger partial charge in [-0.05, 0) is 17.9 Å². The molecule has 88 valence electrons. The number of hydrogen-bond acceptors (Lipinski definition) is 3. The number of nitrogens with zero attached hydrogens (tertiary/aromatic N) is 1. The van der Waals surface area contributed by atoms with Crippen LogP contribution in [0.1, 0.15) is 12.5 Å². The maximum absolute atomic E-state index is 10.9. The second kappa shape index (κ2) is 4.93. The van der Waals surface area contributed by atoms with Gasteiger partial charge in [-0.1, -0.05) is 24.3 Å². The fourth-order valence-electron chi connectivity index (χ4n) is 1.68. The minimum Gasteiger partial charge on any atom is -0.368 e. The van der Waals surface area contributed by atoms with Crippen molar-refractivity contribution in [3.63, 3.8) is 0 Å². The molecule has 17 heavy (non-hydrogen) atoms. The predicted octanol–water partition coefficient (Wildman–Crippen LogP) is 1.20. The van der Waals surface area contributed by atoms with Crippen LogP contribution in [-0.2, 0) is 11.3 Å². The molecule has 1 heterocycles. The van der Waals surface area contributed by atoms with Gasteiger partial charge in [-0.2, -0.15) is 0 Å². The van der Waals surface area contributed by atoms with Gasteiger partial charge in [0.1, 0.15) is 0 Å². The summed E-state index contributed by atoms with van der Waals surface area (Å²) in [5, 5.41) is 5.32. The van der Waals surface area contributed by atoms with Crippen LogP contribution in [0, 0.1) is 0 Å². The highest BCUT2D eigenvalue weighted by Crippen LogP contribution is 2.16. The van der Waals surface area contributed by atoms with Crippen LogP contribution in [0.2, 0.25) is 0 Å². The molecule has 0 saturated carbocycles. The number of nitrogens with one attached hydrogen (secondary N) is 1. The molecule has 4 nitrogen and oxygen atoms in total. The first-order chi connectivity index (χ1) is 8.18. The van der Waals surface area contributed by atoms with Crippen molar-refractivity contribution in [3.8, 4) is 0 Å². The van der Waals surface area contributed by atoms with Gasteiger partial charge in [0, 0.05) is 24.3 Å². The van der Waals surface area contributed by atoms with Crippen molar-refractivity contribution in [1.82, 2.24) is 10.3 Å². The van der Waals surface area contributed by atoms with Gasteiger partial charge in [0.05, 0.1) is 6.04 Å². The van der Waals surface area contributed by atoms with Crippen LogP contribution in [0.4, 0.5) is 0 Å². The normalized spacial score (nSPS) is 12.5. The Bertz CT molecular complexity index is 534. The number of carbonyl (C=O) groups is 1. The van der Waals surface area contributed by atoms with Crippen LogP contribution in [0.5, 0.6) is 0 Å². The van der Waals surface area contributed by atoms with Gasteiger partial charge in [0.25, 0.3) is 0 Å². The third-order valence-corrected chi connectivity index (χ3v) is 2.78. The van der Waals surface area contributed by atoms with Gasteiger partial charge >= 0.3 is 0 Å². The van der Waals surface area contributed by atoms with Gasteiger partial charge in [0.2, 0.25) is 5.91 Å². The van der Waals surface area contributed by atoms with E-state index in [9.17, 15) is 4.79 Å². The van der Waals surface area contributed by atoms with E-state index in [1.54, 1.807) is 6.92 Å². The number of primary amides is 1. The summed E-state index contributed by atoms with van der Waals surface area (Å²) in [4.78, 5) is 15.1. The number of carbonyl (C=O) groups excluding carboxylic acids is 1. The summed E-state index contributed by atoms with van der Waals surface area (Å²) in [6, 6.07) is 7.69. The summed E-state index contributed by atoms with van der Waals surface area (Å²) < 4.78 is 0. The van der Waals surface area contributed by atoms with E-state index in [2.05, 4.69) is 10.3 Å². The monoisotopic (exact) mass is 229 g/mol. The minimum atomic E-state index is -0.349. The Morgan fingerprint density at radius 2 is 2.18 bits per heavy atom. The number of rotatable bonds is 4. The molecule has 0 bridgehead atoms. The van der Waals surface area contributed by atoms with E-state index in [4.69, 9.17) is 5.73 Å². The Labute approximate surface area is 99.8 Å². The van der Waals surface area contributed by atoms with Crippen molar-refractivity contribution in [2.45, 2.75) is 19.5 Å². The molecular formula is C13H15N3O. The first-order valence-corrected chi connectivity index (χ1v) is 5.53. The van der Waals surface area contributed by atoms with E-state index < -0.39 is 0 Å². The Balaban J connectivity index is 2.21. The maximum atomic E-state index is 10.9. The van der Waals surface area contributed by atoms with Gasteiger partial charge in [-0.15, -0.1) is 0 Å². The molecule has 3 N–H and O–H groups in total. The summed E-state index contributed by atoms with van der Waals surface area (Å²) >= 11 is 0. The summed E-state index contributed by atoms with van der Waals surface area (Å²) in [6.45, 7) is 2.33. The zero-order valence-corrected chi connectivity index (χ0v) is 9.68. The number of amides is 1. The molecule has 1 atom stereocenters. The lowest BCUT2D eigenvalue weighted by atomic mass is 10.1. The third kappa shape index (κ3) is 2.60. The van der Waals surface area contributed by atoms with Crippen molar-refractivity contribution in [2.24, 2.45) is 5.73 Å². The molecule has 0 aliphatic carbocycles. The summed E-state index contributed by atoms with van der Waals surface area (Å²) in [5.74, 6) is -0.349. The van der Waals surface area contributed by atoms with E-state index in [1.807, 2.05) is 36.7 Å². The fraction of sp³-hybridized carbons (Fsp3) is 0.231. The quantitative estimate of drug-likeness (QED) is 0.827. The third-order valence-electron chi connectivity index (χ3n) is 2.78. The number of nitrogens with two attached hydrogens (primary N) is 1. The molecule has 0 saturated heterocycles. The average Bonchev–Trinajstić information content (AvgIpc) is 2.35. The van der Waals surface area contributed by atoms with Crippen LogP contribution < -0.4 is 11.1 Å². The van der Waals surface area contributed by atoms with Crippen LogP contribution in [0.25, 0.3) is 10.8 Å². The highest BCUT2D eigenvalue weighted by atomic mass is 16.1.